The van der Waals surface area contributed by atoms with E-state index in [1.165, 1.54) is 36.2 Å². The second-order valence-corrected chi connectivity index (χ2v) is 20.6. The first-order valence-corrected chi connectivity index (χ1v) is 22.9. The van der Waals surface area contributed by atoms with Gasteiger partial charge in [0, 0.05) is 35.3 Å². The van der Waals surface area contributed by atoms with Gasteiger partial charge in [-0.25, -0.2) is 0 Å². The molecule has 0 spiro atoms. The molecule has 4 saturated carbocycles. The van der Waals surface area contributed by atoms with Crippen molar-refractivity contribution in [3.63, 3.8) is 0 Å². The van der Waals surface area contributed by atoms with Crippen LogP contribution >= 0.6 is 11.3 Å². The van der Waals surface area contributed by atoms with E-state index < -0.39 is 23.2 Å². The third-order valence-electron chi connectivity index (χ3n) is 15.4. The Labute approximate surface area is 350 Å². The fourth-order valence-electron chi connectivity index (χ4n) is 11.7. The van der Waals surface area contributed by atoms with E-state index in [-0.39, 0.29) is 18.3 Å². The number of aliphatic hydroxyl groups is 3. The van der Waals surface area contributed by atoms with Crippen molar-refractivity contribution in [2.45, 2.75) is 122 Å². The maximum Gasteiger partial charge on any atom is 0.203 e. The van der Waals surface area contributed by atoms with E-state index in [0.717, 1.165) is 69.8 Å². The predicted molar refractivity (Wildman–Crippen MR) is 235 cm³/mol. The lowest BCUT2D eigenvalue weighted by atomic mass is 9.45. The number of thiophene rings is 1. The molecule has 58 heavy (non-hydrogen) atoms. The zero-order valence-corrected chi connectivity index (χ0v) is 36.0. The average molecular weight is 804 g/mol. The minimum atomic E-state index is -1.06. The quantitative estimate of drug-likeness (QED) is 0.0977. The van der Waals surface area contributed by atoms with Crippen LogP contribution in [0.4, 0.5) is 0 Å². The van der Waals surface area contributed by atoms with Crippen LogP contribution in [0, 0.1) is 28.6 Å². The minimum absolute atomic E-state index is 0.0205. The molecule has 4 bridgehead atoms. The summed E-state index contributed by atoms with van der Waals surface area (Å²) in [6.07, 6.45) is 9.81. The van der Waals surface area contributed by atoms with E-state index in [9.17, 15) is 20.1 Å². The monoisotopic (exact) mass is 803 g/mol. The first-order chi connectivity index (χ1) is 27.8. The largest absolute Gasteiger partial charge is 0.393 e. The molecule has 1 heterocycles. The Morgan fingerprint density at radius 3 is 2.53 bits per heavy atom. The van der Waals surface area contributed by atoms with Crippen molar-refractivity contribution in [2.75, 3.05) is 26.2 Å². The molecule has 3 N–H and O–H groups in total. The smallest absolute Gasteiger partial charge is 0.203 e. The van der Waals surface area contributed by atoms with E-state index in [1.54, 1.807) is 0 Å². The summed E-state index contributed by atoms with van der Waals surface area (Å²) in [7, 11) is 0. The standard InChI is InChI=1S/C51H65NO5S/c1-34-11-10-23-50(4)44(42-21-17-36(25-40(53)20-16-34)26-43(42)48(55)47-27-37-14-8-9-15-46(37)58-47)22-24-51(50,56)33-52(29-38-18-19-39-28-45(38)49(39,2)3)30-41(54)32-57-31-35-12-6-5-7-13-35/h5-9,11-15,17,21,26-27,38-41,44-45,53-54,56H,10,16,18-20,22-25,28-33H2,1-4H3/t38-,39-,40-,41+,44-,45-,50-,51+/m0/s1. The Kier molecular flexibility index (Phi) is 12.2. The number of aliphatic hydroxyl groups excluding tert-OH is 2. The van der Waals surface area contributed by atoms with Gasteiger partial charge >= 0.3 is 0 Å². The van der Waals surface area contributed by atoms with Crippen LogP contribution in [0.15, 0.2) is 90.5 Å². The van der Waals surface area contributed by atoms with Gasteiger partial charge in [0.2, 0.25) is 5.78 Å². The van der Waals surface area contributed by atoms with Crippen LogP contribution in [-0.4, -0.2) is 70.1 Å². The number of hydrogen-bond donors (Lipinski definition) is 3. The summed E-state index contributed by atoms with van der Waals surface area (Å²) in [6.45, 7) is 11.8. The topological polar surface area (TPSA) is 90.2 Å². The lowest BCUT2D eigenvalue weighted by Crippen LogP contribution is -2.58. The Hall–Kier alpha value is -3.17. The number of ether oxygens (including phenoxy) is 1. The number of ketones is 1. The highest BCUT2D eigenvalue weighted by Gasteiger charge is 2.58. The van der Waals surface area contributed by atoms with Gasteiger partial charge in [-0.3, -0.25) is 9.69 Å². The summed E-state index contributed by atoms with van der Waals surface area (Å²) in [4.78, 5) is 17.9. The summed E-state index contributed by atoms with van der Waals surface area (Å²) in [5.41, 5.74) is 3.76. The minimum Gasteiger partial charge on any atom is -0.393 e. The Morgan fingerprint density at radius 1 is 0.966 bits per heavy atom. The van der Waals surface area contributed by atoms with E-state index >= 15 is 0 Å². The zero-order valence-electron chi connectivity index (χ0n) is 35.2. The molecule has 10 rings (SSSR count). The molecule has 3 aromatic carbocycles. The molecular formula is C51H65NO5S. The molecule has 4 fully saturated rings. The lowest BCUT2D eigenvalue weighted by Gasteiger charge is -2.61. The molecule has 6 aliphatic carbocycles. The highest BCUT2D eigenvalue weighted by molar-refractivity contribution is 7.21. The van der Waals surface area contributed by atoms with Gasteiger partial charge in [0.05, 0.1) is 35.9 Å². The van der Waals surface area contributed by atoms with Gasteiger partial charge in [0.25, 0.3) is 0 Å². The number of benzene rings is 3. The molecule has 6 aliphatic rings. The predicted octanol–water partition coefficient (Wildman–Crippen LogP) is 10.1. The van der Waals surface area contributed by atoms with E-state index in [1.807, 2.05) is 54.6 Å². The van der Waals surface area contributed by atoms with E-state index in [2.05, 4.69) is 62.9 Å². The van der Waals surface area contributed by atoms with Crippen LogP contribution in [0.1, 0.15) is 123 Å². The molecule has 0 radical (unpaired) electrons. The number of allylic oxidation sites excluding steroid dienone is 2. The molecular weight excluding hydrogens is 739 g/mol. The van der Waals surface area contributed by atoms with Crippen molar-refractivity contribution in [3.05, 3.63) is 118 Å². The normalized spacial score (nSPS) is 30.1. The maximum atomic E-state index is 14.8. The molecule has 310 valence electrons. The van der Waals surface area contributed by atoms with Gasteiger partial charge in [-0.2, -0.15) is 0 Å². The van der Waals surface area contributed by atoms with Crippen molar-refractivity contribution in [1.29, 1.82) is 0 Å². The van der Waals surface area contributed by atoms with Gasteiger partial charge in [0.15, 0.2) is 0 Å². The summed E-state index contributed by atoms with van der Waals surface area (Å²) in [6, 6.07) is 26.6. The molecule has 0 unspecified atom stereocenters. The van der Waals surface area contributed by atoms with Crippen LogP contribution in [0.3, 0.4) is 0 Å². The molecule has 7 heteroatoms. The molecule has 1 aromatic heterocycles. The highest BCUT2D eigenvalue weighted by atomic mass is 32.1. The number of carbonyl (C=O) groups is 1. The number of rotatable bonds is 12. The average Bonchev–Trinajstić information content (AvgIpc) is 3.75. The second-order valence-electron chi connectivity index (χ2n) is 19.5. The third-order valence-corrected chi connectivity index (χ3v) is 16.6. The molecule has 8 atom stereocenters. The van der Waals surface area contributed by atoms with E-state index in [4.69, 9.17) is 4.74 Å². The fourth-order valence-corrected chi connectivity index (χ4v) is 12.8. The summed E-state index contributed by atoms with van der Waals surface area (Å²) < 4.78 is 7.15. The Balaban J connectivity index is 1.12. The number of carbonyl (C=O) groups excluding carboxylic acids is 1. The second kappa shape index (κ2) is 17.1. The summed E-state index contributed by atoms with van der Waals surface area (Å²) >= 11 is 1.54. The SMILES string of the molecule is CC1=CCC[C@@]2(C)[C@@H](CC[C@@]2(O)CN(C[C@@H](O)COCc2ccccc2)C[C@@H]2CC[C@H]3C[C@@H]2C3(C)C)c2ccc(cc2C(=O)c2cc3ccccc3s2)C[C@@H](O)CC1. The van der Waals surface area contributed by atoms with Crippen LogP contribution in [0.5, 0.6) is 0 Å². The van der Waals surface area contributed by atoms with Gasteiger partial charge in [0.1, 0.15) is 0 Å². The van der Waals surface area contributed by atoms with Gasteiger partial charge in [-0.15, -0.1) is 11.3 Å². The molecule has 6 nitrogen and oxygen atoms in total. The first kappa shape index (κ1) is 41.6. The fraction of sp³-hybridized carbons (Fsp3) is 0.549. The van der Waals surface area contributed by atoms with Crippen LogP contribution < -0.4 is 0 Å². The zero-order chi connectivity index (χ0) is 40.7. The molecule has 0 amide bonds. The van der Waals surface area contributed by atoms with Crippen LogP contribution in [-0.2, 0) is 17.8 Å². The third kappa shape index (κ3) is 8.42. The lowest BCUT2D eigenvalue weighted by molar-refractivity contribution is -0.127. The van der Waals surface area contributed by atoms with Crippen molar-refractivity contribution in [1.82, 2.24) is 4.90 Å². The van der Waals surface area contributed by atoms with Gasteiger partial charge in [-0.1, -0.05) is 93.1 Å². The van der Waals surface area contributed by atoms with Crippen molar-refractivity contribution in [3.8, 4) is 0 Å². The first-order valence-electron chi connectivity index (χ1n) is 22.1. The Morgan fingerprint density at radius 2 is 1.76 bits per heavy atom. The molecule has 0 aliphatic heterocycles. The van der Waals surface area contributed by atoms with E-state index in [0.29, 0.717) is 61.8 Å². The number of hydrogen-bond acceptors (Lipinski definition) is 7. The van der Waals surface area contributed by atoms with Gasteiger partial charge < -0.3 is 20.1 Å². The number of nitrogens with zero attached hydrogens (tertiary/aromatic N) is 1. The molecule has 0 saturated heterocycles. The van der Waals surface area contributed by atoms with Crippen molar-refractivity contribution >= 4 is 27.2 Å². The van der Waals surface area contributed by atoms with Crippen LogP contribution in [0.25, 0.3) is 10.1 Å². The van der Waals surface area contributed by atoms with Crippen LogP contribution in [0.2, 0.25) is 0 Å². The summed E-state index contributed by atoms with van der Waals surface area (Å²) in [5, 5.41) is 37.1. The van der Waals surface area contributed by atoms with Crippen molar-refractivity contribution in [2.24, 2.45) is 28.6 Å². The highest BCUT2D eigenvalue weighted by Crippen LogP contribution is 2.62. The number of fused-ring (bicyclic) bond motifs is 11. The van der Waals surface area contributed by atoms with Gasteiger partial charge in [-0.05, 0) is 140 Å². The maximum absolute atomic E-state index is 14.8. The Bertz CT molecular complexity index is 2060. The molecule has 4 aromatic rings. The van der Waals surface area contributed by atoms with Crippen molar-refractivity contribution < 1.29 is 24.9 Å². The summed E-state index contributed by atoms with van der Waals surface area (Å²) in [5.74, 6) is 1.95.